The molecule has 1 saturated heterocycles. The number of rotatable bonds is 14. The summed E-state index contributed by atoms with van der Waals surface area (Å²) in [6, 6.07) is 19.4. The Balaban J connectivity index is 1.36. The maximum Gasteiger partial charge on any atom is 0.415 e. The van der Waals surface area contributed by atoms with Gasteiger partial charge >= 0.3 is 6.09 Å². The fourth-order valence-corrected chi connectivity index (χ4v) is 7.05. The Bertz CT molecular complexity index is 1670. The van der Waals surface area contributed by atoms with Crippen molar-refractivity contribution in [2.75, 3.05) is 31.3 Å². The van der Waals surface area contributed by atoms with Crippen molar-refractivity contribution in [3.8, 4) is 11.5 Å². The number of nitrogens with zero attached hydrogens (tertiary/aromatic N) is 2. The summed E-state index contributed by atoms with van der Waals surface area (Å²) in [5.41, 5.74) is 1.88. The Hall–Kier alpha value is -4.17. The number of sulfonamides is 1. The van der Waals surface area contributed by atoms with E-state index >= 15 is 0 Å². The fraction of sp³-hybridized carbons (Fsp3) is 0.412. The zero-order valence-electron chi connectivity index (χ0n) is 26.6. The number of amides is 2. The SMILES string of the molecule is CC[C@H](C)CN(C[C@@H](O)[C@H](Cc1ccccc1)NC(=O)[C@@H]1CN(c2cccc(C(C)O)c2)C(=O)O1)S(=O)(=O)c1ccc2c(c1)OCO2. The van der Waals surface area contributed by atoms with E-state index in [2.05, 4.69) is 5.32 Å². The third-order valence-electron chi connectivity index (χ3n) is 8.44. The number of cyclic esters (lactones) is 1. The van der Waals surface area contributed by atoms with Gasteiger partial charge < -0.3 is 29.7 Å². The number of benzene rings is 3. The molecule has 13 heteroatoms. The maximum atomic E-state index is 14.0. The summed E-state index contributed by atoms with van der Waals surface area (Å²) in [4.78, 5) is 27.7. The Morgan fingerprint density at radius 1 is 1.00 bits per heavy atom. The Kier molecular flexibility index (Phi) is 10.7. The van der Waals surface area contributed by atoms with E-state index in [0.29, 0.717) is 29.2 Å². The van der Waals surface area contributed by atoms with Crippen LogP contribution in [-0.2, 0) is 26.0 Å². The van der Waals surface area contributed by atoms with Crippen LogP contribution in [0.15, 0.2) is 77.7 Å². The molecule has 0 spiro atoms. The number of carbonyl (C=O) groups is 2. The maximum absolute atomic E-state index is 14.0. The number of aliphatic hydroxyl groups is 2. The highest BCUT2D eigenvalue weighted by Gasteiger charge is 2.39. The van der Waals surface area contributed by atoms with Gasteiger partial charge in [0.15, 0.2) is 17.6 Å². The molecule has 0 bridgehead atoms. The van der Waals surface area contributed by atoms with Crippen LogP contribution in [0.2, 0.25) is 0 Å². The molecule has 0 radical (unpaired) electrons. The molecular formula is C34H41N3O9S. The van der Waals surface area contributed by atoms with Crippen LogP contribution in [-0.4, -0.2) is 79.6 Å². The summed E-state index contributed by atoms with van der Waals surface area (Å²) in [6.07, 6.45) is -3.09. The molecule has 2 aliphatic heterocycles. The van der Waals surface area contributed by atoms with E-state index in [9.17, 15) is 28.2 Å². The first kappa shape index (κ1) is 34.2. The predicted octanol–water partition coefficient (Wildman–Crippen LogP) is 3.62. The summed E-state index contributed by atoms with van der Waals surface area (Å²) >= 11 is 0. The molecule has 47 heavy (non-hydrogen) atoms. The zero-order chi connectivity index (χ0) is 33.7. The van der Waals surface area contributed by atoms with Gasteiger partial charge in [-0.3, -0.25) is 9.69 Å². The van der Waals surface area contributed by atoms with Crippen molar-refractivity contribution in [1.29, 1.82) is 0 Å². The normalized spacial score (nSPS) is 18.5. The van der Waals surface area contributed by atoms with E-state index in [1.165, 1.54) is 21.3 Å². The van der Waals surface area contributed by atoms with Gasteiger partial charge in [-0.2, -0.15) is 4.31 Å². The molecule has 12 nitrogen and oxygen atoms in total. The third kappa shape index (κ3) is 8.04. The van der Waals surface area contributed by atoms with Gasteiger partial charge in [-0.15, -0.1) is 0 Å². The fourth-order valence-electron chi connectivity index (χ4n) is 5.46. The highest BCUT2D eigenvalue weighted by atomic mass is 32.2. The molecule has 2 heterocycles. The number of hydrogen-bond acceptors (Lipinski definition) is 9. The summed E-state index contributed by atoms with van der Waals surface area (Å²) in [7, 11) is -4.10. The number of aliphatic hydroxyl groups excluding tert-OH is 2. The van der Waals surface area contributed by atoms with E-state index in [4.69, 9.17) is 14.2 Å². The highest BCUT2D eigenvalue weighted by molar-refractivity contribution is 7.89. The molecule has 2 aliphatic rings. The number of carbonyl (C=O) groups excluding carboxylic acids is 2. The Morgan fingerprint density at radius 2 is 1.74 bits per heavy atom. The van der Waals surface area contributed by atoms with Gasteiger partial charge in [0.2, 0.25) is 16.8 Å². The van der Waals surface area contributed by atoms with Gasteiger partial charge in [0.1, 0.15) is 0 Å². The summed E-state index contributed by atoms with van der Waals surface area (Å²) in [5.74, 6) is 0.121. The monoisotopic (exact) mass is 667 g/mol. The van der Waals surface area contributed by atoms with Gasteiger partial charge in [-0.05, 0) is 54.7 Å². The summed E-state index contributed by atoms with van der Waals surface area (Å²) in [5, 5.41) is 24.4. The number of fused-ring (bicyclic) bond motifs is 1. The second kappa shape index (κ2) is 14.7. The van der Waals surface area contributed by atoms with Gasteiger partial charge in [0, 0.05) is 24.8 Å². The van der Waals surface area contributed by atoms with E-state index in [1.807, 2.05) is 44.2 Å². The quantitative estimate of drug-likeness (QED) is 0.234. The number of ether oxygens (including phenoxy) is 3. The van der Waals surface area contributed by atoms with Crippen LogP contribution in [0.4, 0.5) is 10.5 Å². The van der Waals surface area contributed by atoms with Crippen molar-refractivity contribution in [1.82, 2.24) is 9.62 Å². The molecule has 0 saturated carbocycles. The van der Waals surface area contributed by atoms with Crippen LogP contribution in [0.25, 0.3) is 0 Å². The number of nitrogens with one attached hydrogen (secondary N) is 1. The van der Waals surface area contributed by atoms with Gasteiger partial charge in [-0.1, -0.05) is 62.7 Å². The molecule has 5 rings (SSSR count). The smallest absolute Gasteiger partial charge is 0.415 e. The minimum atomic E-state index is -4.10. The molecule has 0 aromatic heterocycles. The first-order valence-electron chi connectivity index (χ1n) is 15.6. The highest BCUT2D eigenvalue weighted by Crippen LogP contribution is 2.35. The van der Waals surface area contributed by atoms with Gasteiger partial charge in [0.05, 0.1) is 29.7 Å². The number of anilines is 1. The molecule has 5 atom stereocenters. The molecule has 1 unspecified atom stereocenters. The van der Waals surface area contributed by atoms with Crippen LogP contribution < -0.4 is 19.7 Å². The Morgan fingerprint density at radius 3 is 2.47 bits per heavy atom. The first-order valence-corrected chi connectivity index (χ1v) is 17.1. The van der Waals surface area contributed by atoms with E-state index in [-0.39, 0.29) is 43.7 Å². The van der Waals surface area contributed by atoms with Gasteiger partial charge in [0.25, 0.3) is 5.91 Å². The van der Waals surface area contributed by atoms with Crippen LogP contribution in [0.3, 0.4) is 0 Å². The second-order valence-corrected chi connectivity index (χ2v) is 13.9. The molecular weight excluding hydrogens is 626 g/mol. The molecule has 252 valence electrons. The molecule has 3 N–H and O–H groups in total. The average molecular weight is 668 g/mol. The van der Waals surface area contributed by atoms with Crippen LogP contribution >= 0.6 is 0 Å². The molecule has 2 amide bonds. The molecule has 3 aromatic rings. The topological polar surface area (TPSA) is 155 Å². The van der Waals surface area contributed by atoms with Gasteiger partial charge in [-0.25, -0.2) is 13.2 Å². The molecule has 1 fully saturated rings. The average Bonchev–Trinajstić information content (AvgIpc) is 3.70. The predicted molar refractivity (Wildman–Crippen MR) is 174 cm³/mol. The lowest BCUT2D eigenvalue weighted by Gasteiger charge is -2.31. The lowest BCUT2D eigenvalue weighted by molar-refractivity contribution is -0.129. The van der Waals surface area contributed by atoms with E-state index in [1.54, 1.807) is 37.3 Å². The first-order chi connectivity index (χ1) is 22.5. The van der Waals surface area contributed by atoms with Crippen molar-refractivity contribution in [2.24, 2.45) is 5.92 Å². The zero-order valence-corrected chi connectivity index (χ0v) is 27.4. The van der Waals surface area contributed by atoms with E-state index in [0.717, 1.165) is 5.56 Å². The minimum absolute atomic E-state index is 0.00137. The van der Waals surface area contributed by atoms with Crippen molar-refractivity contribution in [3.63, 3.8) is 0 Å². The Labute approximate surface area is 274 Å². The van der Waals surface area contributed by atoms with E-state index < -0.39 is 46.4 Å². The van der Waals surface area contributed by atoms with Crippen LogP contribution in [0, 0.1) is 5.92 Å². The van der Waals surface area contributed by atoms with Crippen molar-refractivity contribution < 1.29 is 42.4 Å². The van der Waals surface area contributed by atoms with Crippen molar-refractivity contribution in [2.45, 2.75) is 62.9 Å². The lowest BCUT2D eigenvalue weighted by atomic mass is 10.0. The summed E-state index contributed by atoms with van der Waals surface area (Å²) in [6.45, 7) is 5.24. The van der Waals surface area contributed by atoms with Crippen LogP contribution in [0.1, 0.15) is 44.4 Å². The number of hydrogen-bond donors (Lipinski definition) is 3. The van der Waals surface area contributed by atoms with Crippen LogP contribution in [0.5, 0.6) is 11.5 Å². The minimum Gasteiger partial charge on any atom is -0.454 e. The van der Waals surface area contributed by atoms with Crippen molar-refractivity contribution in [3.05, 3.63) is 83.9 Å². The third-order valence-corrected chi connectivity index (χ3v) is 10.3. The lowest BCUT2D eigenvalue weighted by Crippen LogP contribution is -2.53. The summed E-state index contributed by atoms with van der Waals surface area (Å²) < 4.78 is 45.3. The van der Waals surface area contributed by atoms with Crippen molar-refractivity contribution >= 4 is 27.7 Å². The molecule has 3 aromatic carbocycles. The molecule has 0 aliphatic carbocycles. The second-order valence-electron chi connectivity index (χ2n) is 12.0. The standard InChI is InChI=1S/C34H41N3O9S/c1-4-22(2)18-36(47(42,43)27-13-14-30-31(17-27)45-21-44-30)19-29(39)28(15-24-9-6-5-7-10-24)35-33(40)32-20-37(34(41)46-32)26-12-8-11-25(16-26)23(3)38/h5-14,16-17,22-23,28-29,32,38-39H,4,15,18-21H2,1-3H3,(H,35,40)/t22-,23?,28-,29+,32-/m0/s1. The largest absolute Gasteiger partial charge is 0.454 e.